The van der Waals surface area contributed by atoms with Gasteiger partial charge >= 0.3 is 5.97 Å². The zero-order chi connectivity index (χ0) is 15.2. The number of hydrogen-bond acceptors (Lipinski definition) is 4. The Kier molecular flexibility index (Phi) is 5.18. The van der Waals surface area contributed by atoms with Crippen LogP contribution in [0.25, 0.3) is 0 Å². The van der Waals surface area contributed by atoms with E-state index in [-0.39, 0.29) is 0 Å². The third kappa shape index (κ3) is 4.67. The molecule has 0 amide bonds. The van der Waals surface area contributed by atoms with E-state index in [1.54, 1.807) is 0 Å². The van der Waals surface area contributed by atoms with Crippen molar-refractivity contribution in [3.63, 3.8) is 0 Å². The molecular formula is C12H11NO6S. The molecule has 1 aromatic carbocycles. The van der Waals surface area contributed by atoms with Gasteiger partial charge in [0.15, 0.2) is 12.4 Å². The Balaban J connectivity index is 0.000000276. The normalized spacial score (nSPS) is 10.2. The summed E-state index contributed by atoms with van der Waals surface area (Å²) in [4.78, 5) is 12.7. The Morgan fingerprint density at radius 3 is 2.10 bits per heavy atom. The number of pyridine rings is 1. The number of carboxylic acid groups (broad SMARTS) is 1. The summed E-state index contributed by atoms with van der Waals surface area (Å²) in [6, 6.07) is 8.08. The van der Waals surface area contributed by atoms with Crippen molar-refractivity contribution >= 4 is 16.1 Å². The SMILES string of the molecule is O=C(O)c1cc(S(=O)(=O)O)ccc1[O-].c1cc[nH+]cc1. The summed E-state index contributed by atoms with van der Waals surface area (Å²) in [7, 11) is -4.48. The monoisotopic (exact) mass is 297 g/mol. The summed E-state index contributed by atoms with van der Waals surface area (Å²) >= 11 is 0. The Morgan fingerprint density at radius 2 is 1.75 bits per heavy atom. The maximum atomic E-state index is 10.9. The van der Waals surface area contributed by atoms with E-state index in [2.05, 4.69) is 4.98 Å². The van der Waals surface area contributed by atoms with Gasteiger partial charge in [0.05, 0.1) is 10.5 Å². The first-order chi connectivity index (χ1) is 9.32. The van der Waals surface area contributed by atoms with E-state index in [4.69, 9.17) is 9.66 Å². The molecular weight excluding hydrogens is 286 g/mol. The first-order valence-electron chi connectivity index (χ1n) is 5.25. The van der Waals surface area contributed by atoms with Crippen LogP contribution in [0.1, 0.15) is 10.4 Å². The van der Waals surface area contributed by atoms with Gasteiger partial charge in [-0.3, -0.25) is 4.55 Å². The van der Waals surface area contributed by atoms with Crippen molar-refractivity contribution in [2.75, 3.05) is 0 Å². The van der Waals surface area contributed by atoms with E-state index in [0.29, 0.717) is 6.07 Å². The average molecular weight is 297 g/mol. The fourth-order valence-corrected chi connectivity index (χ4v) is 1.69. The van der Waals surface area contributed by atoms with E-state index in [9.17, 15) is 18.3 Å². The highest BCUT2D eigenvalue weighted by atomic mass is 32.2. The maximum absolute atomic E-state index is 10.9. The van der Waals surface area contributed by atoms with Crippen molar-refractivity contribution < 1.29 is 33.0 Å². The fraction of sp³-hybridized carbons (Fsp3) is 0. The van der Waals surface area contributed by atoms with Gasteiger partial charge in [0, 0.05) is 12.1 Å². The van der Waals surface area contributed by atoms with Crippen molar-refractivity contribution in [3.8, 4) is 5.75 Å². The second kappa shape index (κ2) is 6.64. The zero-order valence-corrected chi connectivity index (χ0v) is 10.9. The number of rotatable bonds is 2. The first kappa shape index (κ1) is 15.6. The Bertz CT molecular complexity index is 658. The molecule has 0 atom stereocenters. The first-order valence-corrected chi connectivity index (χ1v) is 6.69. The molecule has 20 heavy (non-hydrogen) atoms. The molecule has 0 aliphatic heterocycles. The zero-order valence-electron chi connectivity index (χ0n) is 10.1. The van der Waals surface area contributed by atoms with E-state index >= 15 is 0 Å². The molecule has 7 nitrogen and oxygen atoms in total. The van der Waals surface area contributed by atoms with Crippen LogP contribution in [0.3, 0.4) is 0 Å². The predicted octanol–water partition coefficient (Wildman–Crippen LogP) is 0.206. The second-order valence-electron chi connectivity index (χ2n) is 3.52. The number of carbonyl (C=O) groups is 1. The van der Waals surface area contributed by atoms with Gasteiger partial charge in [-0.25, -0.2) is 9.78 Å². The minimum Gasteiger partial charge on any atom is -0.872 e. The van der Waals surface area contributed by atoms with Crippen LogP contribution in [-0.2, 0) is 10.1 Å². The van der Waals surface area contributed by atoms with E-state index in [0.717, 1.165) is 12.1 Å². The van der Waals surface area contributed by atoms with Crippen molar-refractivity contribution in [1.82, 2.24) is 0 Å². The lowest BCUT2D eigenvalue weighted by atomic mass is 10.2. The van der Waals surface area contributed by atoms with Crippen molar-refractivity contribution in [1.29, 1.82) is 0 Å². The van der Waals surface area contributed by atoms with Crippen molar-refractivity contribution in [2.24, 2.45) is 0 Å². The topological polar surface area (TPSA) is 129 Å². The Hall–Kier alpha value is -2.45. The Labute approximate surface area is 114 Å². The number of hydrogen-bond donors (Lipinski definition) is 2. The molecule has 0 unspecified atom stereocenters. The predicted molar refractivity (Wildman–Crippen MR) is 65.7 cm³/mol. The number of carboxylic acids is 1. The number of aromatic carboxylic acids is 1. The van der Waals surface area contributed by atoms with Gasteiger partial charge in [0.2, 0.25) is 0 Å². The van der Waals surface area contributed by atoms with Crippen molar-refractivity contribution in [3.05, 3.63) is 54.4 Å². The number of aromatic nitrogens is 1. The number of nitrogens with one attached hydrogen (secondary N) is 1. The minimum absolute atomic E-state index is 0.611. The molecule has 0 aliphatic rings. The van der Waals surface area contributed by atoms with Gasteiger partial charge in [0.1, 0.15) is 0 Å². The summed E-state index contributed by atoms with van der Waals surface area (Å²) in [5, 5.41) is 19.4. The van der Waals surface area contributed by atoms with Crippen LogP contribution >= 0.6 is 0 Å². The molecule has 0 spiro atoms. The molecule has 0 radical (unpaired) electrons. The van der Waals surface area contributed by atoms with Crippen LogP contribution in [0.15, 0.2) is 53.7 Å². The second-order valence-corrected chi connectivity index (χ2v) is 4.94. The number of H-pyrrole nitrogens is 1. The van der Waals surface area contributed by atoms with Crippen LogP contribution in [0.4, 0.5) is 0 Å². The van der Waals surface area contributed by atoms with Gasteiger partial charge in [0.25, 0.3) is 10.1 Å². The number of benzene rings is 1. The summed E-state index contributed by atoms with van der Waals surface area (Å²) in [5.74, 6) is -2.36. The summed E-state index contributed by atoms with van der Waals surface area (Å²) in [6.07, 6.45) is 3.75. The molecule has 2 rings (SSSR count). The molecule has 106 valence electrons. The van der Waals surface area contributed by atoms with E-state index in [1.807, 2.05) is 30.6 Å². The molecule has 1 heterocycles. The highest BCUT2D eigenvalue weighted by molar-refractivity contribution is 7.85. The van der Waals surface area contributed by atoms with Crippen LogP contribution in [-0.4, -0.2) is 24.0 Å². The highest BCUT2D eigenvalue weighted by Crippen LogP contribution is 2.18. The third-order valence-electron chi connectivity index (χ3n) is 2.09. The Morgan fingerprint density at radius 1 is 1.15 bits per heavy atom. The molecule has 0 saturated heterocycles. The van der Waals surface area contributed by atoms with E-state index < -0.39 is 32.3 Å². The lowest BCUT2D eigenvalue weighted by Crippen LogP contribution is -2.06. The summed E-state index contributed by atoms with van der Waals surface area (Å²) in [6.45, 7) is 0. The summed E-state index contributed by atoms with van der Waals surface area (Å²) in [5.41, 5.74) is -0.694. The lowest BCUT2D eigenvalue weighted by molar-refractivity contribution is -0.377. The largest absolute Gasteiger partial charge is 0.872 e. The van der Waals surface area contributed by atoms with Gasteiger partial charge in [-0.15, -0.1) is 0 Å². The van der Waals surface area contributed by atoms with Crippen LogP contribution in [0.5, 0.6) is 5.75 Å². The molecule has 2 aromatic rings. The number of aromatic amines is 1. The molecule has 1 aromatic heterocycles. The molecule has 3 N–H and O–H groups in total. The standard InChI is InChI=1S/C7H6O6S.C5H5N/c8-6-2-1-4(14(11,12)13)3-5(6)7(9)10;1-2-4-6-5-3-1/h1-3,8H,(H,9,10)(H,11,12,13);1-5H. The molecule has 0 aliphatic carbocycles. The van der Waals surface area contributed by atoms with Gasteiger partial charge in [-0.1, -0.05) is 17.9 Å². The molecule has 8 heteroatoms. The lowest BCUT2D eigenvalue weighted by Gasteiger charge is -2.09. The van der Waals surface area contributed by atoms with Gasteiger partial charge in [-0.2, -0.15) is 8.42 Å². The third-order valence-corrected chi connectivity index (χ3v) is 2.94. The van der Waals surface area contributed by atoms with Gasteiger partial charge in [-0.05, 0) is 12.1 Å². The quantitative estimate of drug-likeness (QED) is 0.762. The fourth-order valence-electron chi connectivity index (χ4n) is 1.18. The van der Waals surface area contributed by atoms with Crippen molar-refractivity contribution in [2.45, 2.75) is 4.90 Å². The minimum atomic E-state index is -4.48. The molecule has 0 bridgehead atoms. The average Bonchev–Trinajstić information content (AvgIpc) is 2.40. The van der Waals surface area contributed by atoms with E-state index in [1.165, 1.54) is 0 Å². The van der Waals surface area contributed by atoms with Crippen LogP contribution < -0.4 is 10.1 Å². The highest BCUT2D eigenvalue weighted by Gasteiger charge is 2.12. The molecule has 0 fully saturated rings. The smallest absolute Gasteiger partial charge is 0.335 e. The summed E-state index contributed by atoms with van der Waals surface area (Å²) < 4.78 is 29.7. The maximum Gasteiger partial charge on any atom is 0.335 e. The van der Waals surface area contributed by atoms with Gasteiger partial charge < -0.3 is 10.2 Å². The van der Waals surface area contributed by atoms with Crippen LogP contribution in [0.2, 0.25) is 0 Å². The van der Waals surface area contributed by atoms with Crippen LogP contribution in [0, 0.1) is 0 Å². The molecule has 0 saturated carbocycles.